The third-order valence-corrected chi connectivity index (χ3v) is 4.32. The zero-order valence-corrected chi connectivity index (χ0v) is 11.8. The summed E-state index contributed by atoms with van der Waals surface area (Å²) in [5.41, 5.74) is 2.23. The summed E-state index contributed by atoms with van der Waals surface area (Å²) in [4.78, 5) is 3.93. The van der Waals surface area contributed by atoms with E-state index in [0.717, 1.165) is 18.7 Å². The van der Waals surface area contributed by atoms with Crippen LogP contribution in [0.4, 0.5) is 5.69 Å². The second kappa shape index (κ2) is 4.90. The molecule has 0 aliphatic heterocycles. The third-order valence-electron chi connectivity index (χ3n) is 4.32. The number of hydrogen-bond donors (Lipinski definition) is 2. The SMILES string of the molecule is CC1(C)C(O)CC1Nc1ccc(Cn2cncn2)cc1. The second-order valence-electron chi connectivity index (χ2n) is 6.06. The first-order valence-electron chi connectivity index (χ1n) is 6.91. The van der Waals surface area contributed by atoms with Crippen LogP contribution in [0.15, 0.2) is 36.9 Å². The first-order chi connectivity index (χ1) is 9.55. The van der Waals surface area contributed by atoms with Gasteiger partial charge in [-0.1, -0.05) is 26.0 Å². The van der Waals surface area contributed by atoms with Crippen LogP contribution in [0.3, 0.4) is 0 Å². The Balaban J connectivity index is 1.62. The number of aromatic nitrogens is 3. The number of nitrogens with one attached hydrogen (secondary N) is 1. The van der Waals surface area contributed by atoms with Crippen LogP contribution in [0.25, 0.3) is 0 Å². The number of rotatable bonds is 4. The van der Waals surface area contributed by atoms with Gasteiger partial charge in [-0.15, -0.1) is 0 Å². The minimum absolute atomic E-state index is 0.0561. The maximum absolute atomic E-state index is 9.76. The van der Waals surface area contributed by atoms with Crippen molar-refractivity contribution in [2.24, 2.45) is 5.41 Å². The Morgan fingerprint density at radius 2 is 2.10 bits per heavy atom. The molecule has 1 aromatic carbocycles. The predicted octanol–water partition coefficient (Wildman–Crippen LogP) is 1.90. The van der Waals surface area contributed by atoms with Gasteiger partial charge >= 0.3 is 0 Å². The van der Waals surface area contributed by atoms with E-state index in [1.54, 1.807) is 17.3 Å². The molecule has 0 saturated heterocycles. The standard InChI is InChI=1S/C15H20N4O/c1-15(2)13(7-14(15)20)18-12-5-3-11(4-6-12)8-19-10-16-9-17-19/h3-6,9-10,13-14,18,20H,7-8H2,1-2H3. The van der Waals surface area contributed by atoms with E-state index in [0.29, 0.717) is 6.04 Å². The Hall–Kier alpha value is -1.88. The average Bonchev–Trinajstić information content (AvgIpc) is 2.93. The summed E-state index contributed by atoms with van der Waals surface area (Å²) in [6, 6.07) is 8.66. The number of nitrogens with zero attached hydrogens (tertiary/aromatic N) is 3. The highest BCUT2D eigenvalue weighted by molar-refractivity contribution is 5.46. The van der Waals surface area contributed by atoms with Gasteiger partial charge in [0.05, 0.1) is 12.6 Å². The Morgan fingerprint density at radius 1 is 1.35 bits per heavy atom. The molecule has 20 heavy (non-hydrogen) atoms. The van der Waals surface area contributed by atoms with Gasteiger partial charge < -0.3 is 10.4 Å². The van der Waals surface area contributed by atoms with E-state index in [1.807, 2.05) is 0 Å². The molecule has 0 spiro atoms. The quantitative estimate of drug-likeness (QED) is 0.892. The molecule has 1 fully saturated rings. The number of aliphatic hydroxyl groups is 1. The van der Waals surface area contributed by atoms with Gasteiger partial charge in [-0.25, -0.2) is 9.67 Å². The molecular formula is C15H20N4O. The summed E-state index contributed by atoms with van der Waals surface area (Å²) >= 11 is 0. The summed E-state index contributed by atoms with van der Waals surface area (Å²) < 4.78 is 1.80. The first-order valence-corrected chi connectivity index (χ1v) is 6.91. The van der Waals surface area contributed by atoms with E-state index in [2.05, 4.69) is 53.5 Å². The molecule has 1 aliphatic rings. The molecule has 1 aromatic heterocycles. The van der Waals surface area contributed by atoms with Crippen molar-refractivity contribution in [3.05, 3.63) is 42.5 Å². The summed E-state index contributed by atoms with van der Waals surface area (Å²) in [5.74, 6) is 0. The van der Waals surface area contributed by atoms with Crippen molar-refractivity contribution in [3.63, 3.8) is 0 Å². The fourth-order valence-corrected chi connectivity index (χ4v) is 2.56. The van der Waals surface area contributed by atoms with Gasteiger partial charge in [-0.3, -0.25) is 0 Å². The van der Waals surface area contributed by atoms with Gasteiger partial charge in [0, 0.05) is 17.1 Å². The van der Waals surface area contributed by atoms with E-state index < -0.39 is 0 Å². The fourth-order valence-electron chi connectivity index (χ4n) is 2.56. The predicted molar refractivity (Wildman–Crippen MR) is 77.4 cm³/mol. The van der Waals surface area contributed by atoms with Crippen molar-refractivity contribution in [3.8, 4) is 0 Å². The Labute approximate surface area is 118 Å². The lowest BCUT2D eigenvalue weighted by atomic mass is 9.64. The third kappa shape index (κ3) is 2.41. The number of anilines is 1. The van der Waals surface area contributed by atoms with Crippen molar-refractivity contribution < 1.29 is 5.11 Å². The van der Waals surface area contributed by atoms with Crippen LogP contribution in [0, 0.1) is 5.41 Å². The van der Waals surface area contributed by atoms with Crippen molar-refractivity contribution >= 4 is 5.69 Å². The van der Waals surface area contributed by atoms with Gasteiger partial charge in [-0.2, -0.15) is 5.10 Å². The molecule has 2 unspecified atom stereocenters. The molecule has 106 valence electrons. The lowest BCUT2D eigenvalue weighted by molar-refractivity contribution is -0.0510. The maximum Gasteiger partial charge on any atom is 0.137 e. The fraction of sp³-hybridized carbons (Fsp3) is 0.467. The van der Waals surface area contributed by atoms with Crippen LogP contribution < -0.4 is 5.32 Å². The summed E-state index contributed by atoms with van der Waals surface area (Å²) in [6.45, 7) is 4.92. The molecule has 2 atom stereocenters. The lowest BCUT2D eigenvalue weighted by Gasteiger charge is -2.49. The molecule has 2 aromatic rings. The smallest absolute Gasteiger partial charge is 0.137 e. The van der Waals surface area contributed by atoms with Crippen LogP contribution in [0.2, 0.25) is 0 Å². The van der Waals surface area contributed by atoms with Crippen LogP contribution in [0.1, 0.15) is 25.8 Å². The molecule has 0 bridgehead atoms. The summed E-state index contributed by atoms with van der Waals surface area (Å²) in [5, 5.41) is 17.3. The van der Waals surface area contributed by atoms with E-state index >= 15 is 0 Å². The van der Waals surface area contributed by atoms with Gasteiger partial charge in [0.1, 0.15) is 12.7 Å². The normalized spacial score (nSPS) is 24.1. The molecule has 5 heteroatoms. The zero-order chi connectivity index (χ0) is 14.2. The molecule has 0 radical (unpaired) electrons. The molecule has 3 rings (SSSR count). The maximum atomic E-state index is 9.76. The van der Waals surface area contributed by atoms with Gasteiger partial charge in [0.25, 0.3) is 0 Å². The topological polar surface area (TPSA) is 63.0 Å². The van der Waals surface area contributed by atoms with Crippen LogP contribution in [0.5, 0.6) is 0 Å². The van der Waals surface area contributed by atoms with E-state index in [4.69, 9.17) is 0 Å². The van der Waals surface area contributed by atoms with E-state index in [1.165, 1.54) is 5.56 Å². The Morgan fingerprint density at radius 3 is 2.65 bits per heavy atom. The Bertz CT molecular complexity index is 562. The molecule has 5 nitrogen and oxygen atoms in total. The first kappa shape index (κ1) is 13.1. The van der Waals surface area contributed by atoms with Crippen LogP contribution in [-0.2, 0) is 6.54 Å². The van der Waals surface area contributed by atoms with Gasteiger partial charge in [0.2, 0.25) is 0 Å². The van der Waals surface area contributed by atoms with Crippen LogP contribution >= 0.6 is 0 Å². The van der Waals surface area contributed by atoms with Crippen molar-refractivity contribution in [1.29, 1.82) is 0 Å². The monoisotopic (exact) mass is 272 g/mol. The molecule has 1 aliphatic carbocycles. The summed E-state index contributed by atoms with van der Waals surface area (Å²) in [7, 11) is 0. The van der Waals surface area contributed by atoms with E-state index in [9.17, 15) is 5.11 Å². The van der Waals surface area contributed by atoms with Crippen molar-refractivity contribution in [1.82, 2.24) is 14.8 Å². The molecule has 2 N–H and O–H groups in total. The highest BCUT2D eigenvalue weighted by atomic mass is 16.3. The van der Waals surface area contributed by atoms with Crippen LogP contribution in [-0.4, -0.2) is 32.0 Å². The molecule has 1 heterocycles. The van der Waals surface area contributed by atoms with Crippen molar-refractivity contribution in [2.45, 2.75) is 39.0 Å². The van der Waals surface area contributed by atoms with Gasteiger partial charge in [0.15, 0.2) is 0 Å². The Kier molecular flexibility index (Phi) is 3.22. The van der Waals surface area contributed by atoms with E-state index in [-0.39, 0.29) is 11.5 Å². The summed E-state index contributed by atoms with van der Waals surface area (Å²) in [6.07, 6.45) is 3.87. The minimum Gasteiger partial charge on any atom is -0.392 e. The van der Waals surface area contributed by atoms with Gasteiger partial charge in [-0.05, 0) is 24.1 Å². The highest BCUT2D eigenvalue weighted by Crippen LogP contribution is 2.42. The average molecular weight is 272 g/mol. The largest absolute Gasteiger partial charge is 0.392 e. The zero-order valence-electron chi connectivity index (χ0n) is 11.8. The number of aliphatic hydroxyl groups excluding tert-OH is 1. The van der Waals surface area contributed by atoms with Crippen molar-refractivity contribution in [2.75, 3.05) is 5.32 Å². The number of benzene rings is 1. The molecule has 1 saturated carbocycles. The molecular weight excluding hydrogens is 252 g/mol. The molecule has 0 amide bonds. The number of hydrogen-bond acceptors (Lipinski definition) is 4. The lowest BCUT2D eigenvalue weighted by Crippen LogP contribution is -2.56. The second-order valence-corrected chi connectivity index (χ2v) is 6.06. The minimum atomic E-state index is -0.202. The highest BCUT2D eigenvalue weighted by Gasteiger charge is 2.47.